The summed E-state index contributed by atoms with van der Waals surface area (Å²) in [4.78, 5) is 17.3. The molecule has 4 nitrogen and oxygen atoms in total. The Hall–Kier alpha value is -1.23. The number of carbonyl (C=O) groups is 1. The highest BCUT2D eigenvalue weighted by molar-refractivity contribution is 7.99. The van der Waals surface area contributed by atoms with Crippen LogP contribution < -0.4 is 4.74 Å². The quantitative estimate of drug-likeness (QED) is 0.820. The van der Waals surface area contributed by atoms with Crippen molar-refractivity contribution >= 4 is 17.7 Å². The first-order chi connectivity index (χ1) is 8.16. The molecule has 0 aromatic carbocycles. The van der Waals surface area contributed by atoms with E-state index in [1.807, 2.05) is 11.8 Å². The van der Waals surface area contributed by atoms with Crippen molar-refractivity contribution in [1.82, 2.24) is 9.88 Å². The molecule has 1 saturated heterocycles. The third-order valence-corrected chi connectivity index (χ3v) is 3.70. The molecule has 2 rings (SSSR count). The van der Waals surface area contributed by atoms with E-state index in [0.29, 0.717) is 11.4 Å². The molecule has 0 saturated carbocycles. The second kappa shape index (κ2) is 5.40. The first kappa shape index (κ1) is 12.2. The highest BCUT2D eigenvalue weighted by Gasteiger charge is 2.17. The fourth-order valence-corrected chi connectivity index (χ4v) is 2.71. The van der Waals surface area contributed by atoms with Gasteiger partial charge in [0.05, 0.1) is 5.56 Å². The molecular formula is C12H16N2O2S. The van der Waals surface area contributed by atoms with Gasteiger partial charge in [-0.15, -0.1) is 0 Å². The minimum absolute atomic E-state index is 0.0412. The second-order valence-electron chi connectivity index (χ2n) is 4.19. The lowest BCUT2D eigenvalue weighted by atomic mass is 10.2. The molecule has 1 aliphatic rings. The second-order valence-corrected chi connectivity index (χ2v) is 5.34. The van der Waals surface area contributed by atoms with E-state index < -0.39 is 0 Å². The molecule has 0 N–H and O–H groups in total. The van der Waals surface area contributed by atoms with Gasteiger partial charge in [0.25, 0.3) is 5.91 Å². The first-order valence-electron chi connectivity index (χ1n) is 5.59. The van der Waals surface area contributed by atoms with Gasteiger partial charge in [-0.3, -0.25) is 4.79 Å². The minimum atomic E-state index is -0.0412. The number of amides is 1. The number of nitrogens with zero attached hydrogens (tertiary/aromatic N) is 2. The van der Waals surface area contributed by atoms with Crippen LogP contribution in [-0.4, -0.2) is 47.5 Å². The van der Waals surface area contributed by atoms with Crippen LogP contribution in [0.15, 0.2) is 18.3 Å². The van der Waals surface area contributed by atoms with E-state index in [9.17, 15) is 4.79 Å². The molecule has 1 fully saturated rings. The van der Waals surface area contributed by atoms with Crippen LogP contribution in [-0.2, 0) is 0 Å². The summed E-state index contributed by atoms with van der Waals surface area (Å²) in [6.45, 7) is 0. The molecule has 0 unspecified atom stereocenters. The molecule has 92 valence electrons. The molecule has 5 heteroatoms. The largest absolute Gasteiger partial charge is 0.473 e. The van der Waals surface area contributed by atoms with Gasteiger partial charge in [0.15, 0.2) is 0 Å². The fourth-order valence-electron chi connectivity index (χ4n) is 1.61. The van der Waals surface area contributed by atoms with Crippen molar-refractivity contribution in [2.24, 2.45) is 0 Å². The zero-order valence-corrected chi connectivity index (χ0v) is 10.9. The van der Waals surface area contributed by atoms with Crippen molar-refractivity contribution < 1.29 is 9.53 Å². The maximum absolute atomic E-state index is 11.6. The number of hydrogen-bond donors (Lipinski definition) is 0. The average molecular weight is 252 g/mol. The van der Waals surface area contributed by atoms with Gasteiger partial charge in [0.1, 0.15) is 6.10 Å². The maximum Gasteiger partial charge on any atom is 0.254 e. The summed E-state index contributed by atoms with van der Waals surface area (Å²) in [5, 5.41) is 0. The number of aromatic nitrogens is 1. The molecule has 0 bridgehead atoms. The van der Waals surface area contributed by atoms with E-state index >= 15 is 0 Å². The standard InChI is InChI=1S/C12H16N2O2S/c1-14(2)12(15)9-3-4-11(13-7-9)16-10-5-6-17-8-10/h3-4,7,10H,5-6,8H2,1-2H3/t10-/m1/s1. The monoisotopic (exact) mass is 252 g/mol. The van der Waals surface area contributed by atoms with Crippen LogP contribution in [0.4, 0.5) is 0 Å². The Bertz CT molecular complexity index is 386. The van der Waals surface area contributed by atoms with Crippen molar-refractivity contribution in [3.8, 4) is 5.88 Å². The Morgan fingerprint density at radius 1 is 1.53 bits per heavy atom. The predicted octanol–water partition coefficient (Wildman–Crippen LogP) is 1.67. The van der Waals surface area contributed by atoms with E-state index in [-0.39, 0.29) is 12.0 Å². The molecule has 1 aromatic rings. The summed E-state index contributed by atoms with van der Waals surface area (Å²) in [6.07, 6.45) is 2.91. The Balaban J connectivity index is 1.99. The van der Waals surface area contributed by atoms with E-state index in [1.165, 1.54) is 4.90 Å². The molecule has 1 aromatic heterocycles. The number of pyridine rings is 1. The molecule has 1 aliphatic heterocycles. The first-order valence-corrected chi connectivity index (χ1v) is 6.74. The Morgan fingerprint density at radius 2 is 2.35 bits per heavy atom. The summed E-state index contributed by atoms with van der Waals surface area (Å²) in [7, 11) is 3.45. The van der Waals surface area contributed by atoms with Gasteiger partial charge in [-0.2, -0.15) is 11.8 Å². The molecule has 0 radical (unpaired) electrons. The lowest BCUT2D eigenvalue weighted by molar-refractivity contribution is 0.0827. The lowest BCUT2D eigenvalue weighted by Crippen LogP contribution is -2.22. The summed E-state index contributed by atoms with van der Waals surface area (Å²) >= 11 is 1.90. The van der Waals surface area contributed by atoms with Crippen LogP contribution in [0.3, 0.4) is 0 Å². The van der Waals surface area contributed by atoms with Crippen molar-refractivity contribution in [2.45, 2.75) is 12.5 Å². The molecular weight excluding hydrogens is 236 g/mol. The van der Waals surface area contributed by atoms with Gasteiger partial charge >= 0.3 is 0 Å². The normalized spacial score (nSPS) is 19.1. The van der Waals surface area contributed by atoms with Crippen molar-refractivity contribution in [3.63, 3.8) is 0 Å². The molecule has 0 spiro atoms. The highest BCUT2D eigenvalue weighted by atomic mass is 32.2. The van der Waals surface area contributed by atoms with Gasteiger partial charge < -0.3 is 9.64 Å². The summed E-state index contributed by atoms with van der Waals surface area (Å²) in [5.41, 5.74) is 0.586. The van der Waals surface area contributed by atoms with Gasteiger partial charge in [-0.25, -0.2) is 4.98 Å². The summed E-state index contributed by atoms with van der Waals surface area (Å²) < 4.78 is 5.71. The SMILES string of the molecule is CN(C)C(=O)c1ccc(O[C@@H]2CCSC2)nc1. The van der Waals surface area contributed by atoms with E-state index in [1.54, 1.807) is 32.4 Å². The number of rotatable bonds is 3. The Labute approximate surface area is 105 Å². The van der Waals surface area contributed by atoms with E-state index in [0.717, 1.165) is 17.9 Å². The smallest absolute Gasteiger partial charge is 0.254 e. The maximum atomic E-state index is 11.6. The molecule has 2 heterocycles. The van der Waals surface area contributed by atoms with Gasteiger partial charge in [-0.05, 0) is 18.2 Å². The molecule has 0 aliphatic carbocycles. The van der Waals surface area contributed by atoms with Crippen LogP contribution in [0.5, 0.6) is 5.88 Å². The number of hydrogen-bond acceptors (Lipinski definition) is 4. The topological polar surface area (TPSA) is 42.4 Å². The van der Waals surface area contributed by atoms with Crippen LogP contribution in [0, 0.1) is 0 Å². The zero-order valence-electron chi connectivity index (χ0n) is 10.0. The van der Waals surface area contributed by atoms with Crippen molar-refractivity contribution in [2.75, 3.05) is 25.6 Å². The molecule has 17 heavy (non-hydrogen) atoms. The van der Waals surface area contributed by atoms with Crippen molar-refractivity contribution in [3.05, 3.63) is 23.9 Å². The highest BCUT2D eigenvalue weighted by Crippen LogP contribution is 2.22. The Kier molecular flexibility index (Phi) is 3.89. The van der Waals surface area contributed by atoms with Gasteiger partial charge in [-0.1, -0.05) is 0 Å². The fraction of sp³-hybridized carbons (Fsp3) is 0.500. The van der Waals surface area contributed by atoms with Crippen LogP contribution >= 0.6 is 11.8 Å². The van der Waals surface area contributed by atoms with E-state index in [4.69, 9.17) is 4.74 Å². The molecule has 1 atom stereocenters. The number of ether oxygens (including phenoxy) is 1. The average Bonchev–Trinajstić information content (AvgIpc) is 2.82. The predicted molar refractivity (Wildman–Crippen MR) is 68.6 cm³/mol. The van der Waals surface area contributed by atoms with Crippen LogP contribution in [0.1, 0.15) is 16.8 Å². The summed E-state index contributed by atoms with van der Waals surface area (Å²) in [5.74, 6) is 2.75. The van der Waals surface area contributed by atoms with E-state index in [2.05, 4.69) is 4.98 Å². The number of thioether (sulfide) groups is 1. The number of carbonyl (C=O) groups excluding carboxylic acids is 1. The Morgan fingerprint density at radius 3 is 2.88 bits per heavy atom. The lowest BCUT2D eigenvalue weighted by Gasteiger charge is -2.12. The molecule has 1 amide bonds. The zero-order chi connectivity index (χ0) is 12.3. The summed E-state index contributed by atoms with van der Waals surface area (Å²) in [6, 6.07) is 3.52. The van der Waals surface area contributed by atoms with Crippen LogP contribution in [0.2, 0.25) is 0 Å². The van der Waals surface area contributed by atoms with Crippen molar-refractivity contribution in [1.29, 1.82) is 0 Å². The minimum Gasteiger partial charge on any atom is -0.473 e. The third-order valence-electron chi connectivity index (χ3n) is 2.56. The van der Waals surface area contributed by atoms with Gasteiger partial charge in [0.2, 0.25) is 5.88 Å². The van der Waals surface area contributed by atoms with Crippen LogP contribution in [0.25, 0.3) is 0 Å². The van der Waals surface area contributed by atoms with Gasteiger partial charge in [0, 0.05) is 32.1 Å². The third kappa shape index (κ3) is 3.12.